The summed E-state index contributed by atoms with van der Waals surface area (Å²) < 4.78 is 26.0. The first-order valence-corrected chi connectivity index (χ1v) is 5.53. The number of benzene rings is 1. The minimum atomic E-state index is -1.20. The van der Waals surface area contributed by atoms with E-state index in [4.69, 9.17) is 5.73 Å². The van der Waals surface area contributed by atoms with Gasteiger partial charge in [0.15, 0.2) is 11.6 Å². The van der Waals surface area contributed by atoms with E-state index in [2.05, 4.69) is 0 Å². The number of nitrogens with two attached hydrogens (primary N) is 1. The number of phenolic OH excluding ortho intramolecular Hbond substituents is 1. The first-order valence-electron chi connectivity index (χ1n) is 5.53. The normalized spacial score (nSPS) is 17.8. The molecule has 0 amide bonds. The molecule has 5 heteroatoms. The Balaban J connectivity index is 0.00000144. The molecule has 0 spiro atoms. The molecule has 0 aromatic heterocycles. The Labute approximate surface area is 105 Å². The van der Waals surface area contributed by atoms with E-state index >= 15 is 0 Å². The third kappa shape index (κ3) is 2.69. The first-order chi connectivity index (χ1) is 7.61. The van der Waals surface area contributed by atoms with Gasteiger partial charge < -0.3 is 10.8 Å². The van der Waals surface area contributed by atoms with Crippen LogP contribution in [-0.2, 0) is 0 Å². The molecular formula is C12H16ClF2NO. The van der Waals surface area contributed by atoms with E-state index in [1.165, 1.54) is 6.07 Å². The lowest BCUT2D eigenvalue weighted by molar-refractivity contribution is 0.377. The van der Waals surface area contributed by atoms with Gasteiger partial charge in [-0.15, -0.1) is 12.4 Å². The van der Waals surface area contributed by atoms with Crippen molar-refractivity contribution < 1.29 is 13.9 Å². The molecule has 0 heterocycles. The van der Waals surface area contributed by atoms with Crippen LogP contribution >= 0.6 is 12.4 Å². The average Bonchev–Trinajstić information content (AvgIpc) is 2.79. The zero-order valence-corrected chi connectivity index (χ0v) is 10.1. The molecule has 2 nitrogen and oxygen atoms in total. The maximum atomic E-state index is 13.2. The Hall–Kier alpha value is -0.870. The lowest BCUT2D eigenvalue weighted by atomic mass is 9.92. The maximum absolute atomic E-state index is 13.2. The van der Waals surface area contributed by atoms with Crippen LogP contribution in [0.5, 0.6) is 5.75 Å². The van der Waals surface area contributed by atoms with E-state index in [-0.39, 0.29) is 18.3 Å². The van der Waals surface area contributed by atoms with Gasteiger partial charge in [0.2, 0.25) is 5.82 Å². The van der Waals surface area contributed by atoms with Gasteiger partial charge in [0, 0.05) is 11.6 Å². The van der Waals surface area contributed by atoms with E-state index < -0.39 is 23.4 Å². The molecule has 1 aliphatic rings. The SMILES string of the molecule is Cl.N[C@@H](c1ccc(F)c(F)c1O)C1CCCC1. The fraction of sp³-hybridized carbons (Fsp3) is 0.500. The molecule has 1 aromatic rings. The number of hydrogen-bond acceptors (Lipinski definition) is 2. The second-order valence-corrected chi connectivity index (χ2v) is 4.37. The smallest absolute Gasteiger partial charge is 0.200 e. The summed E-state index contributed by atoms with van der Waals surface area (Å²) in [6, 6.07) is 1.98. The van der Waals surface area contributed by atoms with Crippen LogP contribution in [0.2, 0.25) is 0 Å². The second kappa shape index (κ2) is 5.65. The van der Waals surface area contributed by atoms with E-state index in [1.54, 1.807) is 0 Å². The van der Waals surface area contributed by atoms with E-state index in [9.17, 15) is 13.9 Å². The second-order valence-electron chi connectivity index (χ2n) is 4.37. The molecule has 0 bridgehead atoms. The third-order valence-corrected chi connectivity index (χ3v) is 3.37. The van der Waals surface area contributed by atoms with Crippen molar-refractivity contribution in [3.05, 3.63) is 29.3 Å². The molecule has 96 valence electrons. The Morgan fingerprint density at radius 1 is 1.24 bits per heavy atom. The van der Waals surface area contributed by atoms with Crippen LogP contribution in [0.15, 0.2) is 12.1 Å². The minimum absolute atomic E-state index is 0. The summed E-state index contributed by atoms with van der Waals surface area (Å²) in [6.07, 6.45) is 4.20. The van der Waals surface area contributed by atoms with Gasteiger partial charge in [-0.1, -0.05) is 18.9 Å². The number of hydrogen-bond donors (Lipinski definition) is 2. The highest BCUT2D eigenvalue weighted by atomic mass is 35.5. The van der Waals surface area contributed by atoms with Gasteiger partial charge in [0.05, 0.1) is 0 Å². The van der Waals surface area contributed by atoms with Crippen molar-refractivity contribution in [2.45, 2.75) is 31.7 Å². The molecule has 0 radical (unpaired) electrons. The molecule has 0 unspecified atom stereocenters. The summed E-state index contributed by atoms with van der Waals surface area (Å²) in [4.78, 5) is 0. The van der Waals surface area contributed by atoms with Crippen LogP contribution in [0.25, 0.3) is 0 Å². The molecular weight excluding hydrogens is 248 g/mol. The number of rotatable bonds is 2. The van der Waals surface area contributed by atoms with Crippen LogP contribution in [0.4, 0.5) is 8.78 Å². The lowest BCUT2D eigenvalue weighted by Crippen LogP contribution is -2.19. The molecule has 0 saturated heterocycles. The van der Waals surface area contributed by atoms with Crippen LogP contribution < -0.4 is 5.73 Å². The molecule has 3 N–H and O–H groups in total. The van der Waals surface area contributed by atoms with Crippen molar-refractivity contribution in [2.24, 2.45) is 11.7 Å². The number of phenols is 1. The van der Waals surface area contributed by atoms with Gasteiger partial charge in [-0.25, -0.2) is 4.39 Å². The van der Waals surface area contributed by atoms with Crippen molar-refractivity contribution in [1.29, 1.82) is 0 Å². The Kier molecular flexibility index (Phi) is 4.71. The lowest BCUT2D eigenvalue weighted by Gasteiger charge is -2.20. The van der Waals surface area contributed by atoms with Crippen molar-refractivity contribution in [2.75, 3.05) is 0 Å². The number of halogens is 3. The van der Waals surface area contributed by atoms with Crippen LogP contribution in [0.1, 0.15) is 37.3 Å². The molecule has 1 atom stereocenters. The largest absolute Gasteiger partial charge is 0.505 e. The standard InChI is InChI=1S/C12H15F2NO.ClH/c13-9-6-5-8(12(16)10(9)14)11(15)7-3-1-2-4-7;/h5-7,11,16H,1-4,15H2;1H/t11-;/m1./s1. The van der Waals surface area contributed by atoms with Crippen molar-refractivity contribution in [3.8, 4) is 5.75 Å². The quantitative estimate of drug-likeness (QED) is 0.860. The van der Waals surface area contributed by atoms with E-state index in [0.717, 1.165) is 31.7 Å². The average molecular weight is 264 g/mol. The summed E-state index contributed by atoms with van der Waals surface area (Å²) in [5, 5.41) is 9.51. The predicted molar refractivity (Wildman–Crippen MR) is 64.2 cm³/mol. The highest BCUT2D eigenvalue weighted by Crippen LogP contribution is 2.38. The van der Waals surface area contributed by atoms with Gasteiger partial charge in [-0.2, -0.15) is 4.39 Å². The molecule has 1 saturated carbocycles. The Morgan fingerprint density at radius 2 is 1.82 bits per heavy atom. The highest BCUT2D eigenvalue weighted by molar-refractivity contribution is 5.85. The van der Waals surface area contributed by atoms with E-state index in [1.807, 2.05) is 0 Å². The zero-order chi connectivity index (χ0) is 11.7. The van der Waals surface area contributed by atoms with Crippen LogP contribution in [0.3, 0.4) is 0 Å². The van der Waals surface area contributed by atoms with Crippen LogP contribution in [0, 0.1) is 17.6 Å². The summed E-state index contributed by atoms with van der Waals surface area (Å²) >= 11 is 0. The molecule has 17 heavy (non-hydrogen) atoms. The fourth-order valence-electron chi connectivity index (χ4n) is 2.39. The summed E-state index contributed by atoms with van der Waals surface area (Å²) in [6.45, 7) is 0. The molecule has 1 fully saturated rings. The minimum Gasteiger partial charge on any atom is -0.505 e. The van der Waals surface area contributed by atoms with Crippen molar-refractivity contribution in [3.63, 3.8) is 0 Å². The van der Waals surface area contributed by atoms with Crippen molar-refractivity contribution >= 4 is 12.4 Å². The summed E-state index contributed by atoms with van der Waals surface area (Å²) in [5.74, 6) is -2.62. The first kappa shape index (κ1) is 14.2. The van der Waals surface area contributed by atoms with Crippen LogP contribution in [-0.4, -0.2) is 5.11 Å². The summed E-state index contributed by atoms with van der Waals surface area (Å²) in [7, 11) is 0. The molecule has 2 rings (SSSR count). The van der Waals surface area contributed by atoms with E-state index in [0.29, 0.717) is 5.56 Å². The Bertz CT molecular complexity index is 394. The predicted octanol–water partition coefficient (Wildman–Crippen LogP) is 3.28. The van der Waals surface area contributed by atoms with Gasteiger partial charge in [0.1, 0.15) is 0 Å². The zero-order valence-electron chi connectivity index (χ0n) is 9.33. The Morgan fingerprint density at radius 3 is 2.41 bits per heavy atom. The monoisotopic (exact) mass is 263 g/mol. The van der Waals surface area contributed by atoms with Gasteiger partial charge in [-0.3, -0.25) is 0 Å². The van der Waals surface area contributed by atoms with Gasteiger partial charge >= 0.3 is 0 Å². The topological polar surface area (TPSA) is 46.2 Å². The maximum Gasteiger partial charge on any atom is 0.200 e. The summed E-state index contributed by atoms with van der Waals surface area (Å²) in [5.41, 5.74) is 6.28. The molecule has 0 aliphatic heterocycles. The molecule has 1 aliphatic carbocycles. The fourth-order valence-corrected chi connectivity index (χ4v) is 2.39. The highest BCUT2D eigenvalue weighted by Gasteiger charge is 2.26. The number of aromatic hydroxyl groups is 1. The third-order valence-electron chi connectivity index (χ3n) is 3.37. The van der Waals surface area contributed by atoms with Gasteiger partial charge in [0.25, 0.3) is 0 Å². The van der Waals surface area contributed by atoms with Crippen molar-refractivity contribution in [1.82, 2.24) is 0 Å². The van der Waals surface area contributed by atoms with Gasteiger partial charge in [-0.05, 0) is 24.8 Å². The molecule has 1 aromatic carbocycles.